The molecule has 3 aromatic rings. The Morgan fingerprint density at radius 3 is 2.42 bits per heavy atom. The third-order valence-corrected chi connectivity index (χ3v) is 5.25. The molecule has 0 aliphatic carbocycles. The summed E-state index contributed by atoms with van der Waals surface area (Å²) in [4.78, 5) is 18.7. The molecule has 0 saturated heterocycles. The first-order valence-corrected chi connectivity index (χ1v) is 9.31. The van der Waals surface area contributed by atoms with Crippen molar-refractivity contribution in [1.29, 1.82) is 0 Å². The Labute approximate surface area is 153 Å². The molecule has 3 rings (SSSR count). The topological polar surface area (TPSA) is 34.4 Å². The zero-order valence-electron chi connectivity index (χ0n) is 13.5. The van der Waals surface area contributed by atoms with Crippen LogP contribution in [0.3, 0.4) is 0 Å². The molecule has 122 valence electrons. The van der Waals surface area contributed by atoms with Gasteiger partial charge in [0.2, 0.25) is 0 Å². The molecule has 3 nitrogen and oxygen atoms in total. The van der Waals surface area contributed by atoms with Crippen LogP contribution in [-0.4, -0.2) is 10.5 Å². The van der Waals surface area contributed by atoms with Gasteiger partial charge in [-0.05, 0) is 43.7 Å². The van der Waals surface area contributed by atoms with Crippen molar-refractivity contribution < 1.29 is 4.79 Å². The Kier molecular flexibility index (Phi) is 5.11. The fraction of sp³-hybridized carbons (Fsp3) is 0.158. The number of aryl methyl sites for hydroxylation is 1. The van der Waals surface area contributed by atoms with E-state index in [-0.39, 0.29) is 5.91 Å². The SMILES string of the molecule is CCn1c(-c2ccc(Br)cc2)c(C)sc1=NC(=O)c1ccccc1. The van der Waals surface area contributed by atoms with Gasteiger partial charge in [0.1, 0.15) is 0 Å². The van der Waals surface area contributed by atoms with E-state index >= 15 is 0 Å². The van der Waals surface area contributed by atoms with E-state index in [1.54, 1.807) is 23.5 Å². The van der Waals surface area contributed by atoms with Crippen molar-refractivity contribution in [2.24, 2.45) is 4.99 Å². The minimum absolute atomic E-state index is 0.207. The minimum Gasteiger partial charge on any atom is -0.316 e. The molecule has 0 saturated carbocycles. The second-order valence-corrected chi connectivity index (χ2v) is 7.42. The largest absolute Gasteiger partial charge is 0.316 e. The van der Waals surface area contributed by atoms with Gasteiger partial charge in [0, 0.05) is 21.5 Å². The summed E-state index contributed by atoms with van der Waals surface area (Å²) in [6.45, 7) is 4.90. The van der Waals surface area contributed by atoms with Crippen LogP contribution in [0.15, 0.2) is 64.1 Å². The molecule has 5 heteroatoms. The lowest BCUT2D eigenvalue weighted by atomic mass is 10.1. The Balaban J connectivity index is 2.10. The number of rotatable bonds is 3. The highest BCUT2D eigenvalue weighted by molar-refractivity contribution is 9.10. The monoisotopic (exact) mass is 400 g/mol. The van der Waals surface area contributed by atoms with Gasteiger partial charge < -0.3 is 4.57 Å². The van der Waals surface area contributed by atoms with Crippen molar-refractivity contribution in [3.63, 3.8) is 0 Å². The summed E-state index contributed by atoms with van der Waals surface area (Å²) < 4.78 is 3.15. The van der Waals surface area contributed by atoms with Crippen LogP contribution in [0.2, 0.25) is 0 Å². The highest BCUT2D eigenvalue weighted by Gasteiger charge is 2.13. The molecule has 0 aliphatic heterocycles. The Morgan fingerprint density at radius 1 is 1.12 bits per heavy atom. The van der Waals surface area contributed by atoms with Gasteiger partial charge in [-0.15, -0.1) is 11.3 Å². The molecule has 2 aromatic carbocycles. The lowest BCUT2D eigenvalue weighted by Crippen LogP contribution is -2.17. The van der Waals surface area contributed by atoms with Gasteiger partial charge in [-0.2, -0.15) is 4.99 Å². The minimum atomic E-state index is -0.207. The van der Waals surface area contributed by atoms with E-state index < -0.39 is 0 Å². The maximum Gasteiger partial charge on any atom is 0.279 e. The summed E-state index contributed by atoms with van der Waals surface area (Å²) in [7, 11) is 0. The standard InChI is InChI=1S/C19H17BrN2OS/c1-3-22-17(14-9-11-16(20)12-10-14)13(2)24-19(22)21-18(23)15-7-5-4-6-8-15/h4-12H,3H2,1-2H3. The maximum absolute atomic E-state index is 12.4. The first kappa shape index (κ1) is 16.9. The fourth-order valence-electron chi connectivity index (χ4n) is 2.60. The second-order valence-electron chi connectivity index (χ2n) is 5.32. The molecule has 24 heavy (non-hydrogen) atoms. The summed E-state index contributed by atoms with van der Waals surface area (Å²) in [6, 6.07) is 17.4. The van der Waals surface area contributed by atoms with Gasteiger partial charge in [-0.25, -0.2) is 0 Å². The third kappa shape index (κ3) is 3.42. The molecule has 0 radical (unpaired) electrons. The summed E-state index contributed by atoms with van der Waals surface area (Å²) in [5.74, 6) is -0.207. The Bertz CT molecular complexity index is 924. The Morgan fingerprint density at radius 2 is 1.79 bits per heavy atom. The number of halogens is 1. The van der Waals surface area contributed by atoms with Crippen molar-refractivity contribution in [2.75, 3.05) is 0 Å². The van der Waals surface area contributed by atoms with Crippen molar-refractivity contribution in [1.82, 2.24) is 4.57 Å². The van der Waals surface area contributed by atoms with Gasteiger partial charge in [0.25, 0.3) is 5.91 Å². The number of carbonyl (C=O) groups is 1. The molecule has 1 aromatic heterocycles. The smallest absolute Gasteiger partial charge is 0.279 e. The third-order valence-electron chi connectivity index (χ3n) is 3.73. The van der Waals surface area contributed by atoms with Crippen LogP contribution in [-0.2, 0) is 6.54 Å². The first-order chi connectivity index (χ1) is 11.6. The zero-order valence-corrected chi connectivity index (χ0v) is 15.9. The van der Waals surface area contributed by atoms with E-state index in [0.29, 0.717) is 5.56 Å². The van der Waals surface area contributed by atoms with E-state index in [2.05, 4.69) is 51.5 Å². The number of thiazole rings is 1. The molecule has 1 amide bonds. The van der Waals surface area contributed by atoms with Crippen molar-refractivity contribution in [3.05, 3.63) is 74.3 Å². The van der Waals surface area contributed by atoms with E-state index in [9.17, 15) is 4.79 Å². The normalized spacial score (nSPS) is 11.7. The molecule has 0 fully saturated rings. The van der Waals surface area contributed by atoms with Crippen LogP contribution in [0.5, 0.6) is 0 Å². The van der Waals surface area contributed by atoms with E-state index in [1.807, 2.05) is 30.3 Å². The molecule has 0 atom stereocenters. The predicted molar refractivity (Wildman–Crippen MR) is 102 cm³/mol. The zero-order chi connectivity index (χ0) is 17.1. The van der Waals surface area contributed by atoms with Gasteiger partial charge in [-0.1, -0.05) is 46.3 Å². The van der Waals surface area contributed by atoms with Crippen LogP contribution >= 0.6 is 27.3 Å². The molecule has 0 N–H and O–H groups in total. The van der Waals surface area contributed by atoms with E-state index in [4.69, 9.17) is 0 Å². The molecule has 0 spiro atoms. The fourth-order valence-corrected chi connectivity index (χ4v) is 3.92. The van der Waals surface area contributed by atoms with Gasteiger partial charge in [-0.3, -0.25) is 4.79 Å². The van der Waals surface area contributed by atoms with Gasteiger partial charge in [0.15, 0.2) is 4.80 Å². The van der Waals surface area contributed by atoms with Crippen molar-refractivity contribution >= 4 is 33.2 Å². The van der Waals surface area contributed by atoms with Gasteiger partial charge >= 0.3 is 0 Å². The number of aromatic nitrogens is 1. The lowest BCUT2D eigenvalue weighted by Gasteiger charge is -2.07. The highest BCUT2D eigenvalue weighted by atomic mass is 79.9. The van der Waals surface area contributed by atoms with E-state index in [0.717, 1.165) is 32.0 Å². The summed E-state index contributed by atoms with van der Waals surface area (Å²) in [5, 5.41) is 0. The Hall–Kier alpha value is -1.98. The second kappa shape index (κ2) is 7.28. The van der Waals surface area contributed by atoms with Crippen LogP contribution in [0.1, 0.15) is 22.2 Å². The summed E-state index contributed by atoms with van der Waals surface area (Å²) in [5.41, 5.74) is 2.86. The highest BCUT2D eigenvalue weighted by Crippen LogP contribution is 2.26. The molecule has 0 aliphatic rings. The van der Waals surface area contributed by atoms with E-state index in [1.165, 1.54) is 0 Å². The van der Waals surface area contributed by atoms with Crippen molar-refractivity contribution in [3.8, 4) is 11.3 Å². The van der Waals surface area contributed by atoms with Crippen LogP contribution in [0.25, 0.3) is 11.3 Å². The molecule has 0 bridgehead atoms. The predicted octanol–water partition coefficient (Wildman–Crippen LogP) is 5.05. The molecular formula is C19H17BrN2OS. The lowest BCUT2D eigenvalue weighted by molar-refractivity contribution is 0.0998. The molecule has 0 unspecified atom stereocenters. The molecular weight excluding hydrogens is 384 g/mol. The summed E-state index contributed by atoms with van der Waals surface area (Å²) in [6.07, 6.45) is 0. The number of carbonyl (C=O) groups excluding carboxylic acids is 1. The number of hydrogen-bond donors (Lipinski definition) is 0. The number of amides is 1. The number of benzene rings is 2. The van der Waals surface area contributed by atoms with Crippen LogP contribution in [0.4, 0.5) is 0 Å². The van der Waals surface area contributed by atoms with Crippen LogP contribution < -0.4 is 4.80 Å². The quantitative estimate of drug-likeness (QED) is 0.605. The van der Waals surface area contributed by atoms with Crippen LogP contribution in [0, 0.1) is 6.92 Å². The summed E-state index contributed by atoms with van der Waals surface area (Å²) >= 11 is 5.02. The first-order valence-electron chi connectivity index (χ1n) is 7.70. The number of nitrogens with zero attached hydrogens (tertiary/aromatic N) is 2. The average molecular weight is 401 g/mol. The van der Waals surface area contributed by atoms with Crippen molar-refractivity contribution in [2.45, 2.75) is 20.4 Å². The van der Waals surface area contributed by atoms with Gasteiger partial charge in [0.05, 0.1) is 5.69 Å². The molecule has 1 heterocycles. The number of hydrogen-bond acceptors (Lipinski definition) is 2. The average Bonchev–Trinajstić information content (AvgIpc) is 2.91. The maximum atomic E-state index is 12.4.